The van der Waals surface area contributed by atoms with Crippen molar-refractivity contribution < 1.29 is 14.7 Å². The molecule has 5 nitrogen and oxygen atoms in total. The van der Waals surface area contributed by atoms with E-state index in [0.29, 0.717) is 12.3 Å². The van der Waals surface area contributed by atoms with Gasteiger partial charge in [-0.25, -0.2) is 4.79 Å². The van der Waals surface area contributed by atoms with Crippen molar-refractivity contribution in [3.8, 4) is 5.75 Å². The van der Waals surface area contributed by atoms with E-state index in [9.17, 15) is 4.79 Å². The standard InChI is InChI=1S/C12H16N2O3/c15-12(17-10-6-2-1-3-7-10)14-9-5-4-8-11(14)13-16/h1-3,6-7,11,13,16H,4-5,8-9H2/t11-/m0/s1. The van der Waals surface area contributed by atoms with E-state index in [2.05, 4.69) is 5.48 Å². The molecule has 1 aliphatic heterocycles. The Morgan fingerprint density at radius 1 is 1.35 bits per heavy atom. The number of likely N-dealkylation sites (tertiary alicyclic amines) is 1. The Labute approximate surface area is 99.9 Å². The van der Waals surface area contributed by atoms with Gasteiger partial charge in [0.25, 0.3) is 0 Å². The normalized spacial score (nSPS) is 20.1. The molecule has 1 heterocycles. The lowest BCUT2D eigenvalue weighted by Crippen LogP contribution is -2.51. The third-order valence-corrected chi connectivity index (χ3v) is 2.83. The number of carbonyl (C=O) groups excluding carboxylic acids is 1. The fourth-order valence-electron chi connectivity index (χ4n) is 1.93. The monoisotopic (exact) mass is 236 g/mol. The molecule has 0 spiro atoms. The molecule has 1 aliphatic rings. The summed E-state index contributed by atoms with van der Waals surface area (Å²) in [5.41, 5.74) is 2.15. The van der Waals surface area contributed by atoms with Crippen LogP contribution in [0.25, 0.3) is 0 Å². The van der Waals surface area contributed by atoms with Crippen molar-refractivity contribution in [3.05, 3.63) is 30.3 Å². The third-order valence-electron chi connectivity index (χ3n) is 2.83. The lowest BCUT2D eigenvalue weighted by molar-refractivity contribution is 0.0185. The number of carbonyl (C=O) groups is 1. The van der Waals surface area contributed by atoms with E-state index >= 15 is 0 Å². The molecule has 0 aromatic heterocycles. The number of rotatable bonds is 2. The Morgan fingerprint density at radius 2 is 2.12 bits per heavy atom. The van der Waals surface area contributed by atoms with Crippen molar-refractivity contribution in [3.63, 3.8) is 0 Å². The molecule has 17 heavy (non-hydrogen) atoms. The van der Waals surface area contributed by atoms with Gasteiger partial charge in [-0.3, -0.25) is 4.90 Å². The molecular weight excluding hydrogens is 220 g/mol. The number of nitrogens with zero attached hydrogens (tertiary/aromatic N) is 1. The summed E-state index contributed by atoms with van der Waals surface area (Å²) in [6, 6.07) is 8.92. The van der Waals surface area contributed by atoms with Crippen LogP contribution in [0.1, 0.15) is 19.3 Å². The van der Waals surface area contributed by atoms with Crippen LogP contribution in [0.5, 0.6) is 5.75 Å². The molecule has 2 N–H and O–H groups in total. The largest absolute Gasteiger partial charge is 0.416 e. The van der Waals surface area contributed by atoms with Gasteiger partial charge in [0.1, 0.15) is 11.9 Å². The van der Waals surface area contributed by atoms with Gasteiger partial charge in [-0.2, -0.15) is 5.48 Å². The van der Waals surface area contributed by atoms with Crippen LogP contribution in [0.4, 0.5) is 4.79 Å². The van der Waals surface area contributed by atoms with E-state index in [1.54, 1.807) is 24.3 Å². The fourth-order valence-corrected chi connectivity index (χ4v) is 1.93. The van der Waals surface area contributed by atoms with Crippen LogP contribution in [0, 0.1) is 0 Å². The highest BCUT2D eigenvalue weighted by molar-refractivity contribution is 5.71. The molecule has 0 bridgehead atoms. The van der Waals surface area contributed by atoms with Crippen molar-refractivity contribution in [1.29, 1.82) is 0 Å². The average Bonchev–Trinajstić information content (AvgIpc) is 2.40. The van der Waals surface area contributed by atoms with Crippen LogP contribution < -0.4 is 10.2 Å². The maximum absolute atomic E-state index is 11.9. The summed E-state index contributed by atoms with van der Waals surface area (Å²) in [4.78, 5) is 13.4. The molecule has 1 aromatic carbocycles. The fraction of sp³-hybridized carbons (Fsp3) is 0.417. The van der Waals surface area contributed by atoms with Gasteiger partial charge in [0.05, 0.1) is 0 Å². The van der Waals surface area contributed by atoms with Crippen LogP contribution in [-0.2, 0) is 0 Å². The van der Waals surface area contributed by atoms with Gasteiger partial charge in [0, 0.05) is 6.54 Å². The predicted molar refractivity (Wildman–Crippen MR) is 61.7 cm³/mol. The highest BCUT2D eigenvalue weighted by atomic mass is 16.6. The topological polar surface area (TPSA) is 61.8 Å². The van der Waals surface area contributed by atoms with E-state index in [1.807, 2.05) is 6.07 Å². The first kappa shape index (κ1) is 11.9. The molecule has 1 aromatic rings. The van der Waals surface area contributed by atoms with E-state index in [4.69, 9.17) is 9.94 Å². The van der Waals surface area contributed by atoms with Gasteiger partial charge in [-0.05, 0) is 31.4 Å². The van der Waals surface area contributed by atoms with Gasteiger partial charge in [0.15, 0.2) is 0 Å². The zero-order valence-electron chi connectivity index (χ0n) is 9.50. The summed E-state index contributed by atoms with van der Waals surface area (Å²) in [5, 5.41) is 8.98. The van der Waals surface area contributed by atoms with E-state index < -0.39 is 6.09 Å². The summed E-state index contributed by atoms with van der Waals surface area (Å²) in [5.74, 6) is 0.514. The van der Waals surface area contributed by atoms with E-state index in [1.165, 1.54) is 4.90 Å². The quantitative estimate of drug-likeness (QED) is 0.771. The summed E-state index contributed by atoms with van der Waals surface area (Å²) in [6.07, 6.45) is 1.89. The highest BCUT2D eigenvalue weighted by Crippen LogP contribution is 2.17. The number of nitrogens with one attached hydrogen (secondary N) is 1. The van der Waals surface area contributed by atoms with E-state index in [-0.39, 0.29) is 6.17 Å². The van der Waals surface area contributed by atoms with Gasteiger partial charge >= 0.3 is 6.09 Å². The lowest BCUT2D eigenvalue weighted by atomic mass is 10.1. The Morgan fingerprint density at radius 3 is 2.82 bits per heavy atom. The molecule has 1 amide bonds. The number of hydroxylamine groups is 1. The molecule has 1 saturated heterocycles. The molecule has 1 atom stereocenters. The van der Waals surface area contributed by atoms with Crippen molar-refractivity contribution >= 4 is 6.09 Å². The van der Waals surface area contributed by atoms with Crippen molar-refractivity contribution in [2.45, 2.75) is 25.4 Å². The van der Waals surface area contributed by atoms with Gasteiger partial charge < -0.3 is 9.94 Å². The molecule has 2 rings (SSSR count). The summed E-state index contributed by atoms with van der Waals surface area (Å²) in [7, 11) is 0. The number of hydrogen-bond donors (Lipinski definition) is 2. The third kappa shape index (κ3) is 2.95. The molecule has 0 saturated carbocycles. The number of hydrogen-bond acceptors (Lipinski definition) is 4. The van der Waals surface area contributed by atoms with Crippen LogP contribution in [0.15, 0.2) is 30.3 Å². The second-order valence-electron chi connectivity index (χ2n) is 4.02. The highest BCUT2D eigenvalue weighted by Gasteiger charge is 2.27. The SMILES string of the molecule is O=C(Oc1ccccc1)N1CCCC[C@H]1NO. The van der Waals surface area contributed by atoms with Crippen molar-refractivity contribution in [1.82, 2.24) is 10.4 Å². The molecular formula is C12H16N2O3. The molecule has 92 valence electrons. The van der Waals surface area contributed by atoms with Gasteiger partial charge in [-0.15, -0.1) is 0 Å². The first-order chi connectivity index (χ1) is 8.31. The first-order valence-corrected chi connectivity index (χ1v) is 5.74. The molecule has 0 unspecified atom stereocenters. The first-order valence-electron chi connectivity index (χ1n) is 5.74. The van der Waals surface area contributed by atoms with Crippen LogP contribution in [-0.4, -0.2) is 28.9 Å². The minimum atomic E-state index is -0.428. The zero-order chi connectivity index (χ0) is 12.1. The minimum Gasteiger partial charge on any atom is -0.410 e. The van der Waals surface area contributed by atoms with Crippen LogP contribution >= 0.6 is 0 Å². The Bertz CT molecular complexity index is 369. The zero-order valence-corrected chi connectivity index (χ0v) is 9.50. The van der Waals surface area contributed by atoms with Gasteiger partial charge in [0.2, 0.25) is 0 Å². The number of para-hydroxylation sites is 1. The maximum Gasteiger partial charge on any atom is 0.416 e. The summed E-state index contributed by atoms with van der Waals surface area (Å²) < 4.78 is 5.22. The van der Waals surface area contributed by atoms with Crippen molar-refractivity contribution in [2.75, 3.05) is 6.54 Å². The number of amides is 1. The van der Waals surface area contributed by atoms with Gasteiger partial charge in [-0.1, -0.05) is 18.2 Å². The number of piperidine rings is 1. The van der Waals surface area contributed by atoms with E-state index in [0.717, 1.165) is 19.3 Å². The number of benzene rings is 1. The minimum absolute atomic E-state index is 0.347. The Hall–Kier alpha value is -1.59. The predicted octanol–water partition coefficient (Wildman–Crippen LogP) is 1.98. The molecule has 5 heteroatoms. The number of ether oxygens (including phenoxy) is 1. The second kappa shape index (κ2) is 5.65. The Balaban J connectivity index is 1.99. The maximum atomic E-state index is 11.9. The lowest BCUT2D eigenvalue weighted by Gasteiger charge is -2.33. The molecule has 0 aliphatic carbocycles. The second-order valence-corrected chi connectivity index (χ2v) is 4.02. The Kier molecular flexibility index (Phi) is 3.95. The van der Waals surface area contributed by atoms with Crippen molar-refractivity contribution in [2.24, 2.45) is 0 Å². The summed E-state index contributed by atoms with van der Waals surface area (Å²) in [6.45, 7) is 0.601. The smallest absolute Gasteiger partial charge is 0.410 e. The molecule has 1 fully saturated rings. The average molecular weight is 236 g/mol. The van der Waals surface area contributed by atoms with Crippen LogP contribution in [0.3, 0.4) is 0 Å². The van der Waals surface area contributed by atoms with Crippen LogP contribution in [0.2, 0.25) is 0 Å². The summed E-state index contributed by atoms with van der Waals surface area (Å²) >= 11 is 0. The molecule has 0 radical (unpaired) electrons.